The van der Waals surface area contributed by atoms with Crippen LogP contribution in [0.25, 0.3) is 0 Å². The first kappa shape index (κ1) is 20.4. The fourth-order valence-electron chi connectivity index (χ4n) is 4.36. The summed E-state index contributed by atoms with van der Waals surface area (Å²) in [5.41, 5.74) is 1.82. The fraction of sp³-hybridized carbons (Fsp3) is 0.348. The van der Waals surface area contributed by atoms with Crippen molar-refractivity contribution in [1.29, 1.82) is 0 Å². The molecule has 0 aliphatic carbocycles. The van der Waals surface area contributed by atoms with E-state index >= 15 is 0 Å². The van der Waals surface area contributed by atoms with E-state index in [4.69, 9.17) is 9.47 Å². The van der Waals surface area contributed by atoms with Crippen molar-refractivity contribution < 1.29 is 28.2 Å². The Morgan fingerprint density at radius 2 is 1.66 bits per heavy atom. The molecule has 8 nitrogen and oxygen atoms in total. The average molecular weight is 439 g/mol. The average Bonchev–Trinajstić information content (AvgIpc) is 3.27. The van der Waals surface area contributed by atoms with Gasteiger partial charge < -0.3 is 14.4 Å². The first-order chi connectivity index (χ1) is 15.5. The number of hydrogen-bond donors (Lipinski definition) is 0. The van der Waals surface area contributed by atoms with Gasteiger partial charge in [-0.3, -0.25) is 19.4 Å². The summed E-state index contributed by atoms with van der Waals surface area (Å²) in [6, 6.07) is 11.0. The number of rotatable bonds is 5. The van der Waals surface area contributed by atoms with Crippen molar-refractivity contribution in [3.8, 4) is 0 Å². The Balaban J connectivity index is 1.30. The van der Waals surface area contributed by atoms with E-state index in [1.165, 1.54) is 11.0 Å². The molecule has 3 heterocycles. The Labute approximate surface area is 184 Å². The third kappa shape index (κ3) is 3.58. The van der Waals surface area contributed by atoms with Crippen LogP contribution < -0.4 is 4.90 Å². The number of morpholine rings is 1. The van der Waals surface area contributed by atoms with E-state index in [0.717, 1.165) is 4.90 Å². The van der Waals surface area contributed by atoms with Crippen LogP contribution in [-0.4, -0.2) is 73.2 Å². The summed E-state index contributed by atoms with van der Waals surface area (Å²) in [4.78, 5) is 42.2. The smallest absolute Gasteiger partial charge is 0.410 e. The highest BCUT2D eigenvalue weighted by molar-refractivity contribution is 6.21. The van der Waals surface area contributed by atoms with Crippen molar-refractivity contribution in [1.82, 2.24) is 9.80 Å². The lowest BCUT2D eigenvalue weighted by Crippen LogP contribution is -2.44. The minimum absolute atomic E-state index is 0.0203. The van der Waals surface area contributed by atoms with Gasteiger partial charge in [-0.05, 0) is 29.8 Å². The van der Waals surface area contributed by atoms with Crippen LogP contribution in [0.3, 0.4) is 0 Å². The standard InChI is InChI=1S/C23H22FN3O5/c24-19-11-15(5-6-20(19)25-7-9-31-10-8-25)12-26-16(14-32-23(26)30)13-27-21(28)17-3-1-2-4-18(17)22(27)29/h1-6,11,16H,7-10,12-14H2. The number of halogens is 1. The van der Waals surface area contributed by atoms with E-state index < -0.39 is 12.1 Å². The molecule has 3 amide bonds. The van der Waals surface area contributed by atoms with Gasteiger partial charge in [0.05, 0.1) is 42.6 Å². The van der Waals surface area contributed by atoms with E-state index in [2.05, 4.69) is 0 Å². The van der Waals surface area contributed by atoms with E-state index in [1.807, 2.05) is 4.90 Å². The van der Waals surface area contributed by atoms with Crippen molar-refractivity contribution in [2.45, 2.75) is 12.6 Å². The Morgan fingerprint density at radius 1 is 0.969 bits per heavy atom. The Morgan fingerprint density at radius 3 is 2.31 bits per heavy atom. The minimum Gasteiger partial charge on any atom is -0.447 e. The van der Waals surface area contributed by atoms with Gasteiger partial charge in [-0.1, -0.05) is 18.2 Å². The molecule has 0 spiro atoms. The summed E-state index contributed by atoms with van der Waals surface area (Å²) in [6.45, 7) is 2.55. The molecule has 0 saturated carbocycles. The van der Waals surface area contributed by atoms with E-state index in [0.29, 0.717) is 48.7 Å². The van der Waals surface area contributed by atoms with Crippen LogP contribution in [0.15, 0.2) is 42.5 Å². The molecule has 1 atom stereocenters. The molecular weight excluding hydrogens is 417 g/mol. The number of hydrogen-bond acceptors (Lipinski definition) is 6. The quantitative estimate of drug-likeness (QED) is 0.666. The minimum atomic E-state index is -0.552. The van der Waals surface area contributed by atoms with Crippen molar-refractivity contribution >= 4 is 23.6 Å². The largest absolute Gasteiger partial charge is 0.447 e. The highest BCUT2D eigenvalue weighted by Crippen LogP contribution is 2.27. The number of carbonyl (C=O) groups excluding carboxylic acids is 3. The van der Waals surface area contributed by atoms with E-state index in [-0.39, 0.29) is 37.3 Å². The van der Waals surface area contributed by atoms with E-state index in [1.54, 1.807) is 36.4 Å². The van der Waals surface area contributed by atoms with Gasteiger partial charge >= 0.3 is 6.09 Å². The predicted octanol–water partition coefficient (Wildman–Crippen LogP) is 2.28. The lowest BCUT2D eigenvalue weighted by atomic mass is 10.1. The second kappa shape index (κ2) is 8.23. The number of anilines is 1. The third-order valence-electron chi connectivity index (χ3n) is 6.06. The maximum atomic E-state index is 14.8. The van der Waals surface area contributed by atoms with Crippen LogP contribution in [-0.2, 0) is 16.0 Å². The fourth-order valence-corrected chi connectivity index (χ4v) is 4.36. The first-order valence-corrected chi connectivity index (χ1v) is 10.5. The van der Waals surface area contributed by atoms with Crippen LogP contribution in [0.1, 0.15) is 26.3 Å². The van der Waals surface area contributed by atoms with E-state index in [9.17, 15) is 18.8 Å². The van der Waals surface area contributed by atoms with Gasteiger partial charge in [0.15, 0.2) is 0 Å². The van der Waals surface area contributed by atoms with Gasteiger partial charge in [0.2, 0.25) is 0 Å². The van der Waals surface area contributed by atoms with Gasteiger partial charge in [0.25, 0.3) is 11.8 Å². The first-order valence-electron chi connectivity index (χ1n) is 10.5. The molecule has 5 rings (SSSR count). The summed E-state index contributed by atoms with van der Waals surface area (Å²) < 4.78 is 25.3. The molecule has 9 heteroatoms. The molecule has 2 aromatic carbocycles. The summed E-state index contributed by atoms with van der Waals surface area (Å²) in [5.74, 6) is -1.13. The molecule has 3 aliphatic heterocycles. The maximum absolute atomic E-state index is 14.8. The second-order valence-corrected chi connectivity index (χ2v) is 8.01. The molecular formula is C23H22FN3O5. The van der Waals surface area contributed by atoms with Gasteiger partial charge in [-0.25, -0.2) is 9.18 Å². The Hall–Kier alpha value is -3.46. The lowest BCUT2D eigenvalue weighted by molar-refractivity contribution is 0.0616. The zero-order valence-corrected chi connectivity index (χ0v) is 17.3. The number of carbonyl (C=O) groups is 3. The van der Waals surface area contributed by atoms with Gasteiger partial charge in [0.1, 0.15) is 12.4 Å². The number of amides is 3. The molecule has 1 unspecified atom stereocenters. The molecule has 0 bridgehead atoms. The second-order valence-electron chi connectivity index (χ2n) is 8.01. The highest BCUT2D eigenvalue weighted by atomic mass is 19.1. The monoisotopic (exact) mass is 439 g/mol. The molecule has 166 valence electrons. The van der Waals surface area contributed by atoms with Crippen LogP contribution in [0.4, 0.5) is 14.9 Å². The molecule has 2 saturated heterocycles. The van der Waals surface area contributed by atoms with Crippen molar-refractivity contribution in [3.63, 3.8) is 0 Å². The van der Waals surface area contributed by atoms with Crippen molar-refractivity contribution in [2.24, 2.45) is 0 Å². The Bertz CT molecular complexity index is 1050. The number of nitrogens with zero attached hydrogens (tertiary/aromatic N) is 3. The van der Waals surface area contributed by atoms with Crippen molar-refractivity contribution in [2.75, 3.05) is 44.4 Å². The third-order valence-corrected chi connectivity index (χ3v) is 6.06. The predicted molar refractivity (Wildman–Crippen MR) is 112 cm³/mol. The molecule has 0 aromatic heterocycles. The van der Waals surface area contributed by atoms with Crippen LogP contribution in [0.2, 0.25) is 0 Å². The van der Waals surface area contributed by atoms with Gasteiger partial charge in [-0.2, -0.15) is 0 Å². The van der Waals surface area contributed by atoms with Crippen LogP contribution in [0, 0.1) is 5.82 Å². The number of cyclic esters (lactones) is 1. The molecule has 0 N–H and O–H groups in total. The number of fused-ring (bicyclic) bond motifs is 1. The molecule has 3 aliphatic rings. The highest BCUT2D eigenvalue weighted by Gasteiger charge is 2.41. The SMILES string of the molecule is O=C1c2ccccc2C(=O)N1CC1COC(=O)N1Cc1ccc(N2CCOCC2)c(F)c1. The van der Waals surface area contributed by atoms with Gasteiger partial charge in [0, 0.05) is 19.6 Å². The van der Waals surface area contributed by atoms with Gasteiger partial charge in [-0.15, -0.1) is 0 Å². The number of benzene rings is 2. The van der Waals surface area contributed by atoms with Crippen LogP contribution in [0.5, 0.6) is 0 Å². The topological polar surface area (TPSA) is 79.4 Å². The zero-order chi connectivity index (χ0) is 22.2. The summed E-state index contributed by atoms with van der Waals surface area (Å²) >= 11 is 0. The maximum Gasteiger partial charge on any atom is 0.410 e. The Kier molecular flexibility index (Phi) is 5.26. The lowest BCUT2D eigenvalue weighted by Gasteiger charge is -2.29. The normalized spacial score (nSPS) is 20.7. The zero-order valence-electron chi connectivity index (χ0n) is 17.3. The number of imide groups is 1. The summed E-state index contributed by atoms with van der Waals surface area (Å²) in [5, 5.41) is 0. The number of ether oxygens (including phenoxy) is 2. The summed E-state index contributed by atoms with van der Waals surface area (Å²) in [7, 11) is 0. The molecule has 2 fully saturated rings. The molecule has 0 radical (unpaired) electrons. The summed E-state index contributed by atoms with van der Waals surface area (Å²) in [6.07, 6.45) is -0.552. The van der Waals surface area contributed by atoms with Crippen LogP contribution >= 0.6 is 0 Å². The molecule has 32 heavy (non-hydrogen) atoms. The molecule has 2 aromatic rings. The van der Waals surface area contributed by atoms with Crippen molar-refractivity contribution in [3.05, 3.63) is 65.0 Å².